The lowest BCUT2D eigenvalue weighted by atomic mass is 10.0. The maximum absolute atomic E-state index is 13.2. The number of rotatable bonds is 4. The molecule has 7 heteroatoms. The molecule has 25 heavy (non-hydrogen) atoms. The monoisotopic (exact) mass is 360 g/mol. The Hall–Kier alpha value is -2.54. The molecule has 1 atom stereocenters. The molecule has 2 heterocycles. The molecule has 1 aromatic carbocycles. The molecule has 0 N–H and O–H groups in total. The van der Waals surface area contributed by atoms with Crippen molar-refractivity contribution in [3.8, 4) is 11.1 Å². The van der Waals surface area contributed by atoms with Crippen LogP contribution in [-0.2, 0) is 9.53 Å². The van der Waals surface area contributed by atoms with E-state index in [9.17, 15) is 14.0 Å². The number of hydrogen-bond donors (Lipinski definition) is 0. The number of thiophene rings is 1. The molecule has 0 radical (unpaired) electrons. The SMILES string of the molecule is CCOC(=O)[C@@H](C)n1cnc2sc(C)c(-c3ccc(F)cc3)c2c1=O. The summed E-state index contributed by atoms with van der Waals surface area (Å²) in [7, 11) is 0. The van der Waals surface area contributed by atoms with Crippen molar-refractivity contribution in [1.29, 1.82) is 0 Å². The summed E-state index contributed by atoms with van der Waals surface area (Å²) < 4.78 is 19.5. The van der Waals surface area contributed by atoms with Crippen LogP contribution in [0.2, 0.25) is 0 Å². The van der Waals surface area contributed by atoms with Gasteiger partial charge in [0.2, 0.25) is 0 Å². The van der Waals surface area contributed by atoms with Gasteiger partial charge in [0.25, 0.3) is 5.56 Å². The summed E-state index contributed by atoms with van der Waals surface area (Å²) in [5.74, 6) is -0.826. The first-order chi connectivity index (χ1) is 11.9. The van der Waals surface area contributed by atoms with Crippen molar-refractivity contribution in [2.24, 2.45) is 0 Å². The van der Waals surface area contributed by atoms with Gasteiger partial charge >= 0.3 is 5.97 Å². The molecule has 0 aliphatic rings. The van der Waals surface area contributed by atoms with Crippen molar-refractivity contribution in [2.75, 3.05) is 6.61 Å². The van der Waals surface area contributed by atoms with E-state index in [2.05, 4.69) is 4.98 Å². The molecule has 3 aromatic rings. The van der Waals surface area contributed by atoms with Gasteiger partial charge in [-0.25, -0.2) is 14.2 Å². The fraction of sp³-hybridized carbons (Fsp3) is 0.278. The number of nitrogens with zero attached hydrogens (tertiary/aromatic N) is 2. The first-order valence-electron chi connectivity index (χ1n) is 7.86. The predicted molar refractivity (Wildman–Crippen MR) is 95.4 cm³/mol. The molecule has 130 valence electrons. The second-order valence-electron chi connectivity index (χ2n) is 5.61. The molecule has 0 unspecified atom stereocenters. The van der Waals surface area contributed by atoms with Gasteiger partial charge in [-0.15, -0.1) is 11.3 Å². The van der Waals surface area contributed by atoms with Crippen molar-refractivity contribution >= 4 is 27.5 Å². The van der Waals surface area contributed by atoms with Crippen LogP contribution < -0.4 is 5.56 Å². The van der Waals surface area contributed by atoms with Gasteiger partial charge in [-0.2, -0.15) is 0 Å². The highest BCUT2D eigenvalue weighted by molar-refractivity contribution is 7.19. The maximum Gasteiger partial charge on any atom is 0.328 e. The lowest BCUT2D eigenvalue weighted by molar-refractivity contribution is -0.146. The van der Waals surface area contributed by atoms with Crippen molar-refractivity contribution in [2.45, 2.75) is 26.8 Å². The minimum Gasteiger partial charge on any atom is -0.464 e. The van der Waals surface area contributed by atoms with Gasteiger partial charge in [-0.3, -0.25) is 9.36 Å². The van der Waals surface area contributed by atoms with Gasteiger partial charge in [0, 0.05) is 10.4 Å². The Balaban J connectivity index is 2.21. The Morgan fingerprint density at radius 1 is 1.36 bits per heavy atom. The van der Waals surface area contributed by atoms with Crippen molar-refractivity contribution in [3.63, 3.8) is 0 Å². The highest BCUT2D eigenvalue weighted by Crippen LogP contribution is 2.35. The summed E-state index contributed by atoms with van der Waals surface area (Å²) in [4.78, 5) is 30.8. The predicted octanol–water partition coefficient (Wildman–Crippen LogP) is 3.70. The fourth-order valence-electron chi connectivity index (χ4n) is 2.73. The number of esters is 1. The van der Waals surface area contributed by atoms with Crippen LogP contribution in [0.15, 0.2) is 35.4 Å². The van der Waals surface area contributed by atoms with Gasteiger partial charge in [-0.05, 0) is 38.5 Å². The van der Waals surface area contributed by atoms with E-state index in [0.29, 0.717) is 10.2 Å². The number of carbonyl (C=O) groups is 1. The molecular weight excluding hydrogens is 343 g/mol. The van der Waals surface area contributed by atoms with Crippen LogP contribution in [0.3, 0.4) is 0 Å². The number of carbonyl (C=O) groups excluding carboxylic acids is 1. The molecular formula is C18H17FN2O3S. The molecule has 0 saturated heterocycles. The first kappa shape index (κ1) is 17.3. The number of hydrogen-bond acceptors (Lipinski definition) is 5. The third-order valence-electron chi connectivity index (χ3n) is 3.99. The van der Waals surface area contributed by atoms with Crippen LogP contribution in [0.25, 0.3) is 21.3 Å². The fourth-order valence-corrected chi connectivity index (χ4v) is 3.74. The zero-order valence-electron chi connectivity index (χ0n) is 14.1. The molecule has 0 saturated carbocycles. The summed E-state index contributed by atoms with van der Waals surface area (Å²) in [5, 5.41) is 0.438. The summed E-state index contributed by atoms with van der Waals surface area (Å²) in [6, 6.07) is 5.21. The number of ether oxygens (including phenoxy) is 1. The van der Waals surface area contributed by atoms with Crippen LogP contribution in [0, 0.1) is 12.7 Å². The van der Waals surface area contributed by atoms with E-state index in [1.54, 1.807) is 26.0 Å². The van der Waals surface area contributed by atoms with E-state index in [-0.39, 0.29) is 18.0 Å². The third kappa shape index (κ3) is 3.07. The summed E-state index contributed by atoms with van der Waals surface area (Å²) in [6.45, 7) is 5.45. The van der Waals surface area contributed by atoms with Crippen LogP contribution in [0.1, 0.15) is 24.8 Å². The van der Waals surface area contributed by atoms with Crippen LogP contribution in [-0.4, -0.2) is 22.1 Å². The molecule has 0 aliphatic carbocycles. The lowest BCUT2D eigenvalue weighted by Gasteiger charge is -2.13. The summed E-state index contributed by atoms with van der Waals surface area (Å²) in [6.07, 6.45) is 1.37. The molecule has 0 fully saturated rings. The van der Waals surface area contributed by atoms with E-state index >= 15 is 0 Å². The molecule has 3 rings (SSSR count). The first-order valence-corrected chi connectivity index (χ1v) is 8.68. The smallest absolute Gasteiger partial charge is 0.328 e. The number of halogens is 1. The van der Waals surface area contributed by atoms with Gasteiger partial charge < -0.3 is 4.74 Å². The third-order valence-corrected chi connectivity index (χ3v) is 5.00. The molecule has 0 aliphatic heterocycles. The Bertz CT molecular complexity index is 992. The van der Waals surface area contributed by atoms with E-state index in [1.165, 1.54) is 34.4 Å². The van der Waals surface area contributed by atoms with Gasteiger partial charge in [0.1, 0.15) is 16.7 Å². The van der Waals surface area contributed by atoms with Crippen molar-refractivity contribution in [3.05, 3.63) is 51.6 Å². The van der Waals surface area contributed by atoms with Gasteiger partial charge in [0.05, 0.1) is 18.3 Å². The summed E-state index contributed by atoms with van der Waals surface area (Å²) >= 11 is 1.40. The highest BCUT2D eigenvalue weighted by Gasteiger charge is 2.22. The molecule has 0 amide bonds. The largest absolute Gasteiger partial charge is 0.464 e. The van der Waals surface area contributed by atoms with Crippen LogP contribution in [0.4, 0.5) is 4.39 Å². The second-order valence-corrected chi connectivity index (χ2v) is 6.81. The van der Waals surface area contributed by atoms with E-state index in [0.717, 1.165) is 16.0 Å². The van der Waals surface area contributed by atoms with Crippen LogP contribution in [0.5, 0.6) is 0 Å². The Labute approximate surface area is 147 Å². The van der Waals surface area contributed by atoms with E-state index in [1.807, 2.05) is 6.92 Å². The normalized spacial score (nSPS) is 12.3. The number of aromatic nitrogens is 2. The molecule has 2 aromatic heterocycles. The Morgan fingerprint density at radius 3 is 2.68 bits per heavy atom. The Morgan fingerprint density at radius 2 is 2.04 bits per heavy atom. The topological polar surface area (TPSA) is 61.2 Å². The second kappa shape index (κ2) is 6.76. The zero-order valence-corrected chi connectivity index (χ0v) is 14.9. The number of benzene rings is 1. The minimum absolute atomic E-state index is 0.242. The van der Waals surface area contributed by atoms with Gasteiger partial charge in [0.15, 0.2) is 0 Å². The van der Waals surface area contributed by atoms with E-state index in [4.69, 9.17) is 4.74 Å². The highest BCUT2D eigenvalue weighted by atomic mass is 32.1. The van der Waals surface area contributed by atoms with Gasteiger partial charge in [-0.1, -0.05) is 12.1 Å². The number of fused-ring (bicyclic) bond motifs is 1. The lowest BCUT2D eigenvalue weighted by Crippen LogP contribution is -2.29. The molecule has 0 bridgehead atoms. The minimum atomic E-state index is -0.773. The van der Waals surface area contributed by atoms with Crippen molar-refractivity contribution < 1.29 is 13.9 Å². The standard InChI is InChI=1S/C18H17FN2O3S/c1-4-24-18(23)10(2)21-9-20-16-15(17(21)22)14(11(3)25-16)12-5-7-13(19)8-6-12/h5-10H,4H2,1-3H3/t10-/m1/s1. The summed E-state index contributed by atoms with van der Waals surface area (Å²) in [5.41, 5.74) is 1.16. The Kier molecular flexibility index (Phi) is 4.67. The van der Waals surface area contributed by atoms with Crippen molar-refractivity contribution in [1.82, 2.24) is 9.55 Å². The molecule has 5 nitrogen and oxygen atoms in total. The zero-order chi connectivity index (χ0) is 18.1. The molecule has 0 spiro atoms. The van der Waals surface area contributed by atoms with Crippen LogP contribution >= 0.6 is 11.3 Å². The maximum atomic E-state index is 13.2. The quantitative estimate of drug-likeness (QED) is 0.666. The van der Waals surface area contributed by atoms with E-state index < -0.39 is 12.0 Å². The average molecular weight is 360 g/mol. The average Bonchev–Trinajstić information content (AvgIpc) is 2.92. The number of aryl methyl sites for hydroxylation is 1.